The predicted molar refractivity (Wildman–Crippen MR) is 77.6 cm³/mol. The van der Waals surface area contributed by atoms with Gasteiger partial charge in [-0.1, -0.05) is 11.6 Å². The molecule has 1 aromatic carbocycles. The molecular formula is C15H18ClN3. The fourth-order valence-corrected chi connectivity index (χ4v) is 3.45. The number of halogens is 1. The van der Waals surface area contributed by atoms with Gasteiger partial charge in [-0.05, 0) is 44.0 Å². The summed E-state index contributed by atoms with van der Waals surface area (Å²) < 4.78 is 0. The minimum atomic E-state index is 0.558. The first kappa shape index (κ1) is 12.8. The summed E-state index contributed by atoms with van der Waals surface area (Å²) in [6, 6.07) is 8.59. The van der Waals surface area contributed by atoms with Gasteiger partial charge < -0.3 is 4.90 Å². The second-order valence-corrected chi connectivity index (χ2v) is 5.81. The quantitative estimate of drug-likeness (QED) is 0.789. The zero-order valence-corrected chi connectivity index (χ0v) is 11.7. The van der Waals surface area contributed by atoms with Gasteiger partial charge in [0.25, 0.3) is 0 Å². The average molecular weight is 276 g/mol. The van der Waals surface area contributed by atoms with Crippen molar-refractivity contribution in [1.29, 1.82) is 5.26 Å². The zero-order chi connectivity index (χ0) is 13.2. The number of nitrogens with zero attached hydrogens (tertiary/aromatic N) is 3. The Labute approximate surface area is 119 Å². The monoisotopic (exact) mass is 275 g/mol. The van der Waals surface area contributed by atoms with E-state index in [1.165, 1.54) is 32.4 Å². The number of hydrogen-bond donors (Lipinski definition) is 0. The van der Waals surface area contributed by atoms with Crippen molar-refractivity contribution < 1.29 is 0 Å². The van der Waals surface area contributed by atoms with E-state index in [0.29, 0.717) is 16.6 Å². The summed E-state index contributed by atoms with van der Waals surface area (Å²) in [7, 11) is 0. The van der Waals surface area contributed by atoms with Gasteiger partial charge in [-0.25, -0.2) is 0 Å². The lowest BCUT2D eigenvalue weighted by molar-refractivity contribution is 0.273. The molecule has 3 nitrogen and oxygen atoms in total. The Hall–Kier alpha value is -1.24. The van der Waals surface area contributed by atoms with Crippen LogP contribution in [0.1, 0.15) is 24.8 Å². The van der Waals surface area contributed by atoms with Gasteiger partial charge >= 0.3 is 0 Å². The highest BCUT2D eigenvalue weighted by Crippen LogP contribution is 2.27. The molecule has 2 saturated heterocycles. The van der Waals surface area contributed by atoms with Crippen LogP contribution in [0.15, 0.2) is 18.2 Å². The van der Waals surface area contributed by atoms with Crippen LogP contribution in [0.3, 0.4) is 0 Å². The number of fused-ring (bicyclic) bond motifs is 1. The standard InChI is InChI=1S/C15H18ClN3/c16-15-9-13(5-4-12(15)10-17)19-8-2-7-18-6-1-3-14(18)11-19/h4-5,9,14H,1-3,6-8,11H2. The lowest BCUT2D eigenvalue weighted by Gasteiger charge is -2.27. The lowest BCUT2D eigenvalue weighted by Crippen LogP contribution is -2.36. The first-order valence-electron chi connectivity index (χ1n) is 6.96. The molecule has 0 saturated carbocycles. The Bertz CT molecular complexity index is 509. The van der Waals surface area contributed by atoms with E-state index in [-0.39, 0.29) is 0 Å². The van der Waals surface area contributed by atoms with Gasteiger partial charge in [-0.2, -0.15) is 5.26 Å². The summed E-state index contributed by atoms with van der Waals surface area (Å²) in [4.78, 5) is 5.04. The molecule has 0 N–H and O–H groups in total. The molecule has 2 fully saturated rings. The van der Waals surface area contributed by atoms with Crippen LogP contribution in [0, 0.1) is 11.3 Å². The van der Waals surface area contributed by atoms with Crippen molar-refractivity contribution in [1.82, 2.24) is 4.90 Å². The molecule has 2 heterocycles. The molecule has 0 bridgehead atoms. The molecule has 2 aliphatic heterocycles. The minimum absolute atomic E-state index is 0.558. The van der Waals surface area contributed by atoms with Gasteiger partial charge in [0.05, 0.1) is 10.6 Å². The van der Waals surface area contributed by atoms with E-state index in [9.17, 15) is 0 Å². The molecule has 0 spiro atoms. The number of rotatable bonds is 1. The molecule has 4 heteroatoms. The molecule has 0 aliphatic carbocycles. The van der Waals surface area contributed by atoms with Crippen molar-refractivity contribution in [3.05, 3.63) is 28.8 Å². The van der Waals surface area contributed by atoms with E-state index in [2.05, 4.69) is 15.9 Å². The maximum Gasteiger partial charge on any atom is 0.101 e. The van der Waals surface area contributed by atoms with Gasteiger partial charge in [0.15, 0.2) is 0 Å². The summed E-state index contributed by atoms with van der Waals surface area (Å²) >= 11 is 6.14. The normalized spacial score (nSPS) is 23.8. The Balaban J connectivity index is 1.81. The first-order valence-corrected chi connectivity index (χ1v) is 7.34. The van der Waals surface area contributed by atoms with Crippen molar-refractivity contribution in [3.63, 3.8) is 0 Å². The second kappa shape index (κ2) is 5.40. The summed E-state index contributed by atoms with van der Waals surface area (Å²) in [5, 5.41) is 9.50. The largest absolute Gasteiger partial charge is 0.370 e. The number of anilines is 1. The van der Waals surface area contributed by atoms with Crippen LogP contribution in [0.25, 0.3) is 0 Å². The SMILES string of the molecule is N#Cc1ccc(N2CCCN3CCCC3C2)cc1Cl. The van der Waals surface area contributed by atoms with E-state index in [1.54, 1.807) is 0 Å². The minimum Gasteiger partial charge on any atom is -0.370 e. The molecule has 0 aromatic heterocycles. The van der Waals surface area contributed by atoms with E-state index in [4.69, 9.17) is 16.9 Å². The van der Waals surface area contributed by atoms with Crippen molar-refractivity contribution in [2.24, 2.45) is 0 Å². The van der Waals surface area contributed by atoms with Crippen LogP contribution in [0.4, 0.5) is 5.69 Å². The zero-order valence-electron chi connectivity index (χ0n) is 11.0. The summed E-state index contributed by atoms with van der Waals surface area (Å²) in [6.45, 7) is 4.63. The van der Waals surface area contributed by atoms with Crippen molar-refractivity contribution in [2.45, 2.75) is 25.3 Å². The van der Waals surface area contributed by atoms with Gasteiger partial charge in [-0.15, -0.1) is 0 Å². The molecule has 100 valence electrons. The van der Waals surface area contributed by atoms with Gasteiger partial charge in [-0.3, -0.25) is 4.90 Å². The number of nitriles is 1. The molecule has 2 aliphatic rings. The molecular weight excluding hydrogens is 258 g/mol. The van der Waals surface area contributed by atoms with Crippen LogP contribution >= 0.6 is 11.6 Å². The maximum absolute atomic E-state index is 8.93. The Morgan fingerprint density at radius 3 is 2.84 bits per heavy atom. The van der Waals surface area contributed by atoms with Crippen LogP contribution in [-0.2, 0) is 0 Å². The van der Waals surface area contributed by atoms with E-state index in [1.807, 2.05) is 18.2 Å². The summed E-state index contributed by atoms with van der Waals surface area (Å²) in [6.07, 6.45) is 3.83. The molecule has 3 rings (SSSR count). The Morgan fingerprint density at radius 2 is 2.05 bits per heavy atom. The van der Waals surface area contributed by atoms with Gasteiger partial charge in [0.1, 0.15) is 6.07 Å². The summed E-state index contributed by atoms with van der Waals surface area (Å²) in [5.74, 6) is 0. The molecule has 0 radical (unpaired) electrons. The van der Waals surface area contributed by atoms with Gasteiger partial charge in [0.2, 0.25) is 0 Å². The highest BCUT2D eigenvalue weighted by atomic mass is 35.5. The van der Waals surface area contributed by atoms with E-state index in [0.717, 1.165) is 18.8 Å². The first-order chi connectivity index (χ1) is 9.28. The van der Waals surface area contributed by atoms with Gasteiger partial charge in [0, 0.05) is 31.4 Å². The van der Waals surface area contributed by atoms with Crippen molar-refractivity contribution in [2.75, 3.05) is 31.1 Å². The highest BCUT2D eigenvalue weighted by Gasteiger charge is 2.28. The molecule has 0 amide bonds. The third-order valence-corrected chi connectivity index (χ3v) is 4.55. The fraction of sp³-hybridized carbons (Fsp3) is 0.533. The van der Waals surface area contributed by atoms with Crippen LogP contribution in [-0.4, -0.2) is 37.1 Å². The summed E-state index contributed by atoms with van der Waals surface area (Å²) in [5.41, 5.74) is 1.71. The third kappa shape index (κ3) is 2.56. The fourth-order valence-electron chi connectivity index (χ4n) is 3.23. The average Bonchev–Trinajstić information content (AvgIpc) is 2.76. The van der Waals surface area contributed by atoms with Crippen molar-refractivity contribution in [3.8, 4) is 6.07 Å². The van der Waals surface area contributed by atoms with Crippen LogP contribution < -0.4 is 4.90 Å². The van der Waals surface area contributed by atoms with E-state index < -0.39 is 0 Å². The Morgan fingerprint density at radius 1 is 1.21 bits per heavy atom. The van der Waals surface area contributed by atoms with Crippen LogP contribution in [0.2, 0.25) is 5.02 Å². The highest BCUT2D eigenvalue weighted by molar-refractivity contribution is 6.32. The third-order valence-electron chi connectivity index (χ3n) is 4.24. The molecule has 1 aromatic rings. The maximum atomic E-state index is 8.93. The molecule has 19 heavy (non-hydrogen) atoms. The lowest BCUT2D eigenvalue weighted by atomic mass is 10.1. The molecule has 1 unspecified atom stereocenters. The predicted octanol–water partition coefficient (Wildman–Crippen LogP) is 2.89. The molecule has 1 atom stereocenters. The number of hydrogen-bond acceptors (Lipinski definition) is 3. The number of benzene rings is 1. The van der Waals surface area contributed by atoms with Crippen LogP contribution in [0.5, 0.6) is 0 Å². The second-order valence-electron chi connectivity index (χ2n) is 5.41. The van der Waals surface area contributed by atoms with Crippen molar-refractivity contribution >= 4 is 17.3 Å². The topological polar surface area (TPSA) is 30.3 Å². The smallest absolute Gasteiger partial charge is 0.101 e. The van der Waals surface area contributed by atoms with E-state index >= 15 is 0 Å². The Kier molecular flexibility index (Phi) is 3.63.